The molecule has 10 heteroatoms. The molecule has 0 unspecified atom stereocenters. The van der Waals surface area contributed by atoms with E-state index in [1.165, 1.54) is 13.0 Å². The first-order valence-corrected chi connectivity index (χ1v) is 8.40. The summed E-state index contributed by atoms with van der Waals surface area (Å²) >= 11 is 0. The van der Waals surface area contributed by atoms with E-state index in [1.54, 1.807) is 0 Å². The number of rotatable bonds is 7. The van der Waals surface area contributed by atoms with Crippen LogP contribution in [0.1, 0.15) is 12.5 Å². The largest absolute Gasteiger partial charge is 0.379 e. The van der Waals surface area contributed by atoms with Crippen LogP contribution in [-0.2, 0) is 11.2 Å². The van der Waals surface area contributed by atoms with E-state index in [9.17, 15) is 25.0 Å². The molecule has 0 radical (unpaired) electrons. The number of anilines is 2. The van der Waals surface area contributed by atoms with Gasteiger partial charge in [0.25, 0.3) is 11.4 Å². The Kier molecular flexibility index (Phi) is 5.21. The normalized spacial score (nSPS) is 10.6. The van der Waals surface area contributed by atoms with E-state index in [4.69, 9.17) is 0 Å². The van der Waals surface area contributed by atoms with Crippen molar-refractivity contribution >= 4 is 39.6 Å². The van der Waals surface area contributed by atoms with E-state index in [-0.39, 0.29) is 11.4 Å². The summed E-state index contributed by atoms with van der Waals surface area (Å²) in [5, 5.41) is 28.9. The predicted molar refractivity (Wildman–Crippen MR) is 105 cm³/mol. The van der Waals surface area contributed by atoms with Crippen molar-refractivity contribution in [1.29, 1.82) is 0 Å². The van der Waals surface area contributed by atoms with Gasteiger partial charge in [0.05, 0.1) is 15.9 Å². The molecule has 0 aliphatic heterocycles. The van der Waals surface area contributed by atoms with Crippen LogP contribution >= 0.6 is 0 Å². The van der Waals surface area contributed by atoms with Crippen molar-refractivity contribution in [2.24, 2.45) is 0 Å². The number of H-pyrrole nitrogens is 1. The molecule has 0 aliphatic carbocycles. The zero-order valence-electron chi connectivity index (χ0n) is 14.9. The van der Waals surface area contributed by atoms with Gasteiger partial charge in [-0.15, -0.1) is 0 Å². The van der Waals surface area contributed by atoms with Gasteiger partial charge >= 0.3 is 0 Å². The molecule has 0 fully saturated rings. The molecule has 144 valence electrons. The second-order valence-electron chi connectivity index (χ2n) is 6.12. The number of benzene rings is 2. The summed E-state index contributed by atoms with van der Waals surface area (Å²) < 4.78 is 0. The van der Waals surface area contributed by atoms with Gasteiger partial charge in [-0.2, -0.15) is 0 Å². The van der Waals surface area contributed by atoms with Crippen LogP contribution in [-0.4, -0.2) is 27.3 Å². The highest BCUT2D eigenvalue weighted by Gasteiger charge is 2.25. The highest BCUT2D eigenvalue weighted by atomic mass is 16.6. The van der Waals surface area contributed by atoms with Crippen molar-refractivity contribution in [2.45, 2.75) is 13.3 Å². The van der Waals surface area contributed by atoms with Crippen LogP contribution < -0.4 is 10.6 Å². The number of hydrogen-bond donors (Lipinski definition) is 3. The van der Waals surface area contributed by atoms with Crippen LogP contribution in [0, 0.1) is 20.2 Å². The first kappa shape index (κ1) is 18.8. The van der Waals surface area contributed by atoms with Crippen LogP contribution in [0.15, 0.2) is 42.6 Å². The quantitative estimate of drug-likeness (QED) is 0.420. The van der Waals surface area contributed by atoms with Crippen molar-refractivity contribution in [3.05, 3.63) is 68.4 Å². The van der Waals surface area contributed by atoms with Gasteiger partial charge in [0, 0.05) is 30.6 Å². The molecular formula is C18H17N5O5. The van der Waals surface area contributed by atoms with E-state index in [1.807, 2.05) is 30.5 Å². The van der Waals surface area contributed by atoms with Crippen molar-refractivity contribution in [2.75, 3.05) is 17.2 Å². The lowest BCUT2D eigenvalue weighted by atomic mass is 10.1. The lowest BCUT2D eigenvalue weighted by molar-refractivity contribution is -0.393. The van der Waals surface area contributed by atoms with Crippen molar-refractivity contribution in [3.8, 4) is 0 Å². The Morgan fingerprint density at radius 2 is 1.75 bits per heavy atom. The van der Waals surface area contributed by atoms with Gasteiger partial charge in [-0.1, -0.05) is 18.2 Å². The number of nitro benzene ring substituents is 2. The third-order valence-corrected chi connectivity index (χ3v) is 4.20. The molecule has 1 heterocycles. The topological polar surface area (TPSA) is 143 Å². The molecule has 2 aromatic carbocycles. The Balaban J connectivity index is 1.86. The second kappa shape index (κ2) is 7.74. The Bertz CT molecular complexity index is 1080. The van der Waals surface area contributed by atoms with E-state index in [2.05, 4.69) is 15.6 Å². The van der Waals surface area contributed by atoms with Crippen LogP contribution in [0.25, 0.3) is 10.9 Å². The smallest absolute Gasteiger partial charge is 0.299 e. The van der Waals surface area contributed by atoms with Gasteiger partial charge in [0.2, 0.25) is 5.91 Å². The summed E-state index contributed by atoms with van der Waals surface area (Å²) in [5.74, 6) is -0.512. The molecule has 3 aromatic rings. The standard InChI is InChI=1S/C18H17N5O5/c1-11(24)21-16-8-15(17(22(25)26)9-18(16)23(27)28)19-7-6-12-10-20-14-5-3-2-4-13(12)14/h2-5,8-10,19-20H,6-7H2,1H3,(H,21,24). The minimum Gasteiger partial charge on any atom is -0.379 e. The number of nitrogens with zero attached hydrogens (tertiary/aromatic N) is 2. The summed E-state index contributed by atoms with van der Waals surface area (Å²) in [7, 11) is 0. The second-order valence-corrected chi connectivity index (χ2v) is 6.12. The SMILES string of the molecule is CC(=O)Nc1cc(NCCc2c[nH]c3ccccc23)c([N+](=O)[O-])cc1[N+](=O)[O-]. The van der Waals surface area contributed by atoms with Gasteiger partial charge in [-0.3, -0.25) is 25.0 Å². The Hall–Kier alpha value is -3.95. The molecular weight excluding hydrogens is 366 g/mol. The lowest BCUT2D eigenvalue weighted by Gasteiger charge is -2.10. The van der Waals surface area contributed by atoms with Crippen LogP contribution in [0.5, 0.6) is 0 Å². The fourth-order valence-corrected chi connectivity index (χ4v) is 2.98. The maximum Gasteiger partial charge on any atom is 0.299 e. The fourth-order valence-electron chi connectivity index (χ4n) is 2.98. The van der Waals surface area contributed by atoms with Gasteiger partial charge in [-0.05, 0) is 24.1 Å². The lowest BCUT2D eigenvalue weighted by Crippen LogP contribution is -2.11. The monoisotopic (exact) mass is 383 g/mol. The number of hydrogen-bond acceptors (Lipinski definition) is 6. The molecule has 0 spiro atoms. The average molecular weight is 383 g/mol. The summed E-state index contributed by atoms with van der Waals surface area (Å²) in [5.41, 5.74) is 1.06. The van der Waals surface area contributed by atoms with Crippen molar-refractivity contribution in [3.63, 3.8) is 0 Å². The number of aromatic nitrogens is 1. The number of aromatic amines is 1. The Morgan fingerprint density at radius 3 is 2.43 bits per heavy atom. The summed E-state index contributed by atoms with van der Waals surface area (Å²) in [6.07, 6.45) is 2.45. The van der Waals surface area contributed by atoms with Crippen LogP contribution in [0.3, 0.4) is 0 Å². The molecule has 0 aliphatic rings. The maximum atomic E-state index is 11.3. The van der Waals surface area contributed by atoms with Gasteiger partial charge in [0.15, 0.2) is 0 Å². The predicted octanol–water partition coefficient (Wildman–Crippen LogP) is 3.60. The average Bonchev–Trinajstić information content (AvgIpc) is 3.04. The number of amides is 1. The first-order chi connectivity index (χ1) is 13.4. The fraction of sp³-hybridized carbons (Fsp3) is 0.167. The van der Waals surface area contributed by atoms with E-state index in [0.717, 1.165) is 22.5 Å². The third kappa shape index (κ3) is 3.90. The van der Waals surface area contributed by atoms with Crippen LogP contribution in [0.2, 0.25) is 0 Å². The highest BCUT2D eigenvalue weighted by molar-refractivity contribution is 5.93. The minimum absolute atomic E-state index is 0.0965. The Labute approximate surface area is 158 Å². The molecule has 3 rings (SSSR count). The maximum absolute atomic E-state index is 11.3. The summed E-state index contributed by atoms with van der Waals surface area (Å²) in [6, 6.07) is 9.84. The Morgan fingerprint density at radius 1 is 1.07 bits per heavy atom. The van der Waals surface area contributed by atoms with Gasteiger partial charge in [0.1, 0.15) is 11.4 Å². The molecule has 10 nitrogen and oxygen atoms in total. The minimum atomic E-state index is -0.770. The first-order valence-electron chi connectivity index (χ1n) is 8.40. The third-order valence-electron chi connectivity index (χ3n) is 4.20. The molecule has 0 atom stereocenters. The summed E-state index contributed by atoms with van der Waals surface area (Å²) in [4.78, 5) is 35.6. The van der Waals surface area contributed by atoms with Crippen molar-refractivity contribution in [1.82, 2.24) is 4.98 Å². The molecule has 0 saturated carbocycles. The number of carbonyl (C=O) groups is 1. The number of fused-ring (bicyclic) bond motifs is 1. The highest BCUT2D eigenvalue weighted by Crippen LogP contribution is 2.36. The van der Waals surface area contributed by atoms with Gasteiger partial charge < -0.3 is 15.6 Å². The molecule has 0 saturated heterocycles. The molecule has 3 N–H and O–H groups in total. The van der Waals surface area contributed by atoms with E-state index >= 15 is 0 Å². The number of para-hydroxylation sites is 1. The van der Waals surface area contributed by atoms with E-state index in [0.29, 0.717) is 13.0 Å². The molecule has 0 bridgehead atoms. The molecule has 28 heavy (non-hydrogen) atoms. The number of nitro groups is 2. The zero-order valence-corrected chi connectivity index (χ0v) is 14.9. The molecule has 1 amide bonds. The van der Waals surface area contributed by atoms with Crippen molar-refractivity contribution < 1.29 is 14.6 Å². The number of carbonyl (C=O) groups excluding carboxylic acids is 1. The van der Waals surface area contributed by atoms with Crippen LogP contribution in [0.4, 0.5) is 22.7 Å². The zero-order chi connectivity index (χ0) is 20.3. The van der Waals surface area contributed by atoms with E-state index < -0.39 is 27.1 Å². The molecule has 1 aromatic heterocycles. The number of nitrogens with one attached hydrogen (secondary N) is 3. The van der Waals surface area contributed by atoms with Gasteiger partial charge in [-0.25, -0.2) is 0 Å². The summed E-state index contributed by atoms with van der Waals surface area (Å²) in [6.45, 7) is 1.56.